The fourth-order valence-corrected chi connectivity index (χ4v) is 2.83. The van der Waals surface area contributed by atoms with Crippen molar-refractivity contribution >= 4 is 11.7 Å². The van der Waals surface area contributed by atoms with Crippen molar-refractivity contribution in [3.8, 4) is 0 Å². The lowest BCUT2D eigenvalue weighted by atomic mass is 9.99. The number of carbonyl (C=O) groups is 1. The number of aromatic nitrogens is 2. The number of amides is 1. The van der Waals surface area contributed by atoms with E-state index in [0.29, 0.717) is 6.54 Å². The van der Waals surface area contributed by atoms with Gasteiger partial charge < -0.3 is 10.6 Å². The van der Waals surface area contributed by atoms with E-state index in [2.05, 4.69) is 27.9 Å². The molecule has 5 heteroatoms. The standard InChI is InChI=1S/C17H22N4O/c1-13-10-16(19-17(22)15-8-5-9-18-11-15)21(20-13)12-14-6-3-2-4-7-14/h2-4,6-7,10,15,18H,5,8-9,11-12H2,1H3,(H,19,22). The van der Waals surface area contributed by atoms with Crippen molar-refractivity contribution in [2.75, 3.05) is 18.4 Å². The van der Waals surface area contributed by atoms with Gasteiger partial charge in [0.2, 0.25) is 5.91 Å². The van der Waals surface area contributed by atoms with Gasteiger partial charge in [0.25, 0.3) is 0 Å². The van der Waals surface area contributed by atoms with E-state index in [1.165, 1.54) is 5.56 Å². The summed E-state index contributed by atoms with van der Waals surface area (Å²) in [7, 11) is 0. The quantitative estimate of drug-likeness (QED) is 0.909. The Morgan fingerprint density at radius 1 is 1.41 bits per heavy atom. The number of hydrogen-bond donors (Lipinski definition) is 2. The van der Waals surface area contributed by atoms with Crippen molar-refractivity contribution in [1.29, 1.82) is 0 Å². The molecule has 5 nitrogen and oxygen atoms in total. The molecule has 0 aliphatic carbocycles. The lowest BCUT2D eigenvalue weighted by Gasteiger charge is -2.22. The Bertz CT molecular complexity index is 629. The molecule has 22 heavy (non-hydrogen) atoms. The molecule has 1 aliphatic rings. The molecule has 2 N–H and O–H groups in total. The van der Waals surface area contributed by atoms with Gasteiger partial charge in [0.1, 0.15) is 5.82 Å². The van der Waals surface area contributed by atoms with Crippen LogP contribution in [0.1, 0.15) is 24.1 Å². The number of hydrogen-bond acceptors (Lipinski definition) is 3. The molecule has 0 saturated carbocycles. The van der Waals surface area contributed by atoms with Gasteiger partial charge in [-0.25, -0.2) is 4.68 Å². The zero-order valence-corrected chi connectivity index (χ0v) is 12.9. The van der Waals surface area contributed by atoms with Crippen LogP contribution in [0.4, 0.5) is 5.82 Å². The summed E-state index contributed by atoms with van der Waals surface area (Å²) in [5.74, 6) is 0.910. The summed E-state index contributed by atoms with van der Waals surface area (Å²) in [6, 6.07) is 12.1. The molecular formula is C17H22N4O. The summed E-state index contributed by atoms with van der Waals surface area (Å²) in [4.78, 5) is 12.4. The zero-order chi connectivity index (χ0) is 15.4. The Balaban J connectivity index is 1.72. The van der Waals surface area contributed by atoms with E-state index in [0.717, 1.165) is 37.4 Å². The summed E-state index contributed by atoms with van der Waals surface area (Å²) in [6.07, 6.45) is 2.00. The minimum atomic E-state index is 0.0501. The second-order valence-electron chi connectivity index (χ2n) is 5.85. The summed E-state index contributed by atoms with van der Waals surface area (Å²) in [5, 5.41) is 10.8. The van der Waals surface area contributed by atoms with Crippen molar-refractivity contribution in [3.63, 3.8) is 0 Å². The van der Waals surface area contributed by atoms with E-state index >= 15 is 0 Å². The van der Waals surface area contributed by atoms with E-state index in [4.69, 9.17) is 0 Å². The largest absolute Gasteiger partial charge is 0.316 e. The van der Waals surface area contributed by atoms with Crippen LogP contribution in [0, 0.1) is 12.8 Å². The van der Waals surface area contributed by atoms with Gasteiger partial charge in [-0.05, 0) is 31.9 Å². The molecule has 1 aliphatic heterocycles. The molecule has 1 aromatic heterocycles. The van der Waals surface area contributed by atoms with Crippen LogP contribution in [0.5, 0.6) is 0 Å². The van der Waals surface area contributed by atoms with E-state index in [9.17, 15) is 4.79 Å². The number of anilines is 1. The van der Waals surface area contributed by atoms with Gasteiger partial charge in [-0.2, -0.15) is 5.10 Å². The second kappa shape index (κ2) is 6.75. The molecule has 1 aromatic carbocycles. The van der Waals surface area contributed by atoms with Crippen LogP contribution >= 0.6 is 0 Å². The smallest absolute Gasteiger partial charge is 0.229 e. The van der Waals surface area contributed by atoms with Crippen molar-refractivity contribution in [2.24, 2.45) is 5.92 Å². The van der Waals surface area contributed by atoms with Crippen molar-refractivity contribution in [3.05, 3.63) is 47.7 Å². The van der Waals surface area contributed by atoms with Crippen LogP contribution in [0.15, 0.2) is 36.4 Å². The fourth-order valence-electron chi connectivity index (χ4n) is 2.83. The number of piperidine rings is 1. The van der Waals surface area contributed by atoms with Gasteiger partial charge >= 0.3 is 0 Å². The Labute approximate surface area is 130 Å². The molecule has 1 unspecified atom stereocenters. The molecule has 2 aromatic rings. The lowest BCUT2D eigenvalue weighted by Crippen LogP contribution is -2.37. The third kappa shape index (κ3) is 3.54. The van der Waals surface area contributed by atoms with E-state index in [1.807, 2.05) is 35.9 Å². The molecule has 0 radical (unpaired) electrons. The summed E-state index contributed by atoms with van der Waals surface area (Å²) in [6.45, 7) is 4.37. The van der Waals surface area contributed by atoms with Gasteiger partial charge in [0.05, 0.1) is 18.2 Å². The molecule has 1 amide bonds. The minimum Gasteiger partial charge on any atom is -0.316 e. The zero-order valence-electron chi connectivity index (χ0n) is 12.9. The van der Waals surface area contributed by atoms with Crippen LogP contribution in [-0.4, -0.2) is 28.8 Å². The first-order valence-corrected chi connectivity index (χ1v) is 7.82. The van der Waals surface area contributed by atoms with Gasteiger partial charge in [-0.15, -0.1) is 0 Å². The maximum absolute atomic E-state index is 12.4. The molecular weight excluding hydrogens is 276 g/mol. The van der Waals surface area contributed by atoms with Crippen LogP contribution in [0.3, 0.4) is 0 Å². The van der Waals surface area contributed by atoms with Crippen molar-refractivity contribution in [2.45, 2.75) is 26.3 Å². The average molecular weight is 298 g/mol. The molecule has 0 spiro atoms. The first-order valence-electron chi connectivity index (χ1n) is 7.82. The normalized spacial score (nSPS) is 18.1. The highest BCUT2D eigenvalue weighted by atomic mass is 16.2. The van der Waals surface area contributed by atoms with Crippen LogP contribution < -0.4 is 10.6 Å². The Hall–Kier alpha value is -2.14. The first-order chi connectivity index (χ1) is 10.7. The lowest BCUT2D eigenvalue weighted by molar-refractivity contribution is -0.120. The second-order valence-corrected chi connectivity index (χ2v) is 5.85. The molecule has 3 rings (SSSR count). The third-order valence-electron chi connectivity index (χ3n) is 4.00. The van der Waals surface area contributed by atoms with Crippen LogP contribution in [0.2, 0.25) is 0 Å². The summed E-state index contributed by atoms with van der Waals surface area (Å²) < 4.78 is 1.86. The highest BCUT2D eigenvalue weighted by Gasteiger charge is 2.22. The SMILES string of the molecule is Cc1cc(NC(=O)C2CCCNC2)n(Cc2ccccc2)n1. The molecule has 2 heterocycles. The van der Waals surface area contributed by atoms with Crippen LogP contribution in [0.25, 0.3) is 0 Å². The maximum Gasteiger partial charge on any atom is 0.229 e. The Morgan fingerprint density at radius 2 is 2.23 bits per heavy atom. The van der Waals surface area contributed by atoms with E-state index < -0.39 is 0 Å². The number of carbonyl (C=O) groups excluding carboxylic acids is 1. The minimum absolute atomic E-state index is 0.0501. The average Bonchev–Trinajstić information content (AvgIpc) is 2.88. The summed E-state index contributed by atoms with van der Waals surface area (Å²) in [5.41, 5.74) is 2.08. The maximum atomic E-state index is 12.4. The number of benzene rings is 1. The van der Waals surface area contributed by atoms with Gasteiger partial charge in [0.15, 0.2) is 0 Å². The Kier molecular flexibility index (Phi) is 4.53. The predicted octanol–water partition coefficient (Wildman–Crippen LogP) is 2.18. The van der Waals surface area contributed by atoms with Gasteiger partial charge in [-0.1, -0.05) is 30.3 Å². The van der Waals surface area contributed by atoms with Crippen LogP contribution in [-0.2, 0) is 11.3 Å². The van der Waals surface area contributed by atoms with E-state index in [1.54, 1.807) is 0 Å². The van der Waals surface area contributed by atoms with Crippen molar-refractivity contribution < 1.29 is 4.79 Å². The predicted molar refractivity (Wildman–Crippen MR) is 86.7 cm³/mol. The highest BCUT2D eigenvalue weighted by molar-refractivity contribution is 5.92. The highest BCUT2D eigenvalue weighted by Crippen LogP contribution is 2.16. The molecule has 1 atom stereocenters. The number of nitrogens with zero attached hydrogens (tertiary/aromatic N) is 2. The number of nitrogens with one attached hydrogen (secondary N) is 2. The Morgan fingerprint density at radius 3 is 2.95 bits per heavy atom. The third-order valence-corrected chi connectivity index (χ3v) is 4.00. The topological polar surface area (TPSA) is 59.0 Å². The number of rotatable bonds is 4. The van der Waals surface area contributed by atoms with Gasteiger partial charge in [0, 0.05) is 12.6 Å². The molecule has 1 saturated heterocycles. The first kappa shape index (κ1) is 14.8. The number of aryl methyl sites for hydroxylation is 1. The molecule has 116 valence electrons. The molecule has 1 fully saturated rings. The van der Waals surface area contributed by atoms with Crippen molar-refractivity contribution in [1.82, 2.24) is 15.1 Å². The van der Waals surface area contributed by atoms with E-state index in [-0.39, 0.29) is 11.8 Å². The van der Waals surface area contributed by atoms with Gasteiger partial charge in [-0.3, -0.25) is 4.79 Å². The molecule has 0 bridgehead atoms. The fraction of sp³-hybridized carbons (Fsp3) is 0.412. The monoisotopic (exact) mass is 298 g/mol. The summed E-state index contributed by atoms with van der Waals surface area (Å²) >= 11 is 0.